The van der Waals surface area contributed by atoms with Crippen molar-refractivity contribution in [2.45, 2.75) is 108 Å². The lowest BCUT2D eigenvalue weighted by Crippen LogP contribution is -2.70. The predicted octanol–water partition coefficient (Wildman–Crippen LogP) is 11.5. The number of hydrogen-bond donors (Lipinski definition) is 0. The Bertz CT molecular complexity index is 2170. The van der Waals surface area contributed by atoms with Crippen LogP contribution in [0.3, 0.4) is 0 Å². The number of amides is 1. The molecule has 4 aliphatic carbocycles. The molecule has 0 unspecified atom stereocenters. The minimum atomic E-state index is -0.663. The number of hydrogen-bond acceptors (Lipinski definition) is 7. The SMILES string of the molecule is O=C(OCc1ccccc1)N1[C@H](C/C=C/COCC23CC4CC(CC(C4)C2)C3)[C@H](OCc2ccccc2)[C@@H](OCc2ccccc2)[C@H](OCc2ccccc2)[C@@H]1COCc1ccccc1. The average molecular weight is 876 g/mol. The molecule has 1 amide bonds. The number of likely N-dealkylation sites (tertiary alicyclic amines) is 1. The first-order valence-corrected chi connectivity index (χ1v) is 23.9. The quantitative estimate of drug-likeness (QED) is 0.0537. The molecular weight excluding hydrogens is 811 g/mol. The molecule has 340 valence electrons. The molecule has 1 saturated heterocycles. The molecule has 1 heterocycles. The van der Waals surface area contributed by atoms with Gasteiger partial charge in [-0.3, -0.25) is 4.90 Å². The van der Waals surface area contributed by atoms with E-state index >= 15 is 4.79 Å². The van der Waals surface area contributed by atoms with Gasteiger partial charge in [-0.2, -0.15) is 0 Å². The van der Waals surface area contributed by atoms with Gasteiger partial charge in [0, 0.05) is 0 Å². The Morgan fingerprint density at radius 2 is 0.908 bits per heavy atom. The zero-order chi connectivity index (χ0) is 44.1. The Morgan fingerprint density at radius 1 is 0.492 bits per heavy atom. The van der Waals surface area contributed by atoms with E-state index in [9.17, 15) is 0 Å². The van der Waals surface area contributed by atoms with E-state index in [4.69, 9.17) is 28.4 Å². The fraction of sp³-hybridized carbons (Fsp3) is 0.421. The summed E-state index contributed by atoms with van der Waals surface area (Å²) in [6.45, 7) is 2.95. The molecule has 5 aromatic rings. The Kier molecular flexibility index (Phi) is 15.5. The lowest BCUT2D eigenvalue weighted by molar-refractivity contribution is -0.222. The minimum Gasteiger partial charge on any atom is -0.445 e. The van der Waals surface area contributed by atoms with Crippen molar-refractivity contribution in [3.63, 3.8) is 0 Å². The normalized spacial score (nSPS) is 27.0. The van der Waals surface area contributed by atoms with E-state index in [-0.39, 0.29) is 13.2 Å². The highest BCUT2D eigenvalue weighted by Crippen LogP contribution is 2.60. The molecule has 0 radical (unpaired) electrons. The van der Waals surface area contributed by atoms with Gasteiger partial charge in [0.25, 0.3) is 0 Å². The van der Waals surface area contributed by atoms with Gasteiger partial charge in [-0.05, 0) is 95.9 Å². The molecule has 5 aromatic carbocycles. The van der Waals surface area contributed by atoms with E-state index in [2.05, 4.69) is 48.6 Å². The standard InChI is InChI=1S/C57H65NO7/c59-56(65-40-47-26-14-5-15-27-47)58-51(28-16-17-29-60-42-57-33-48-30-49(34-57)32-50(31-48)35-57)53(62-37-44-20-8-2-9-21-44)55(64-39-46-24-12-4-13-25-46)54(63-38-45-22-10-3-11-23-45)52(58)41-61-36-43-18-6-1-7-19-43/h1-27,48-55H,28-42H2/b17-16+/t48?,49?,50?,51-,52+,53+,54-,55-,57?/m1/s1. The first-order valence-electron chi connectivity index (χ1n) is 23.9. The third-order valence-corrected chi connectivity index (χ3v) is 14.1. The second-order valence-electron chi connectivity index (χ2n) is 19.0. The van der Waals surface area contributed by atoms with Crippen molar-refractivity contribution in [1.29, 1.82) is 0 Å². The van der Waals surface area contributed by atoms with Crippen LogP contribution in [0.4, 0.5) is 4.79 Å². The summed E-state index contributed by atoms with van der Waals surface area (Å²) < 4.78 is 40.6. The van der Waals surface area contributed by atoms with Crippen molar-refractivity contribution in [3.05, 3.63) is 192 Å². The molecule has 8 nitrogen and oxygen atoms in total. The van der Waals surface area contributed by atoms with Gasteiger partial charge in [-0.15, -0.1) is 0 Å². The van der Waals surface area contributed by atoms with E-state index in [1.165, 1.54) is 38.5 Å². The average Bonchev–Trinajstić information content (AvgIpc) is 3.34. The van der Waals surface area contributed by atoms with E-state index in [0.29, 0.717) is 44.9 Å². The summed E-state index contributed by atoms with van der Waals surface area (Å²) in [6.07, 6.45) is 10.6. The van der Waals surface area contributed by atoms with Crippen LogP contribution in [-0.2, 0) is 61.5 Å². The first kappa shape index (κ1) is 45.1. The predicted molar refractivity (Wildman–Crippen MR) is 252 cm³/mol. The summed E-state index contributed by atoms with van der Waals surface area (Å²) in [4.78, 5) is 16.9. The number of benzene rings is 5. The highest BCUT2D eigenvalue weighted by Gasteiger charge is 2.54. The maximum atomic E-state index is 15.0. The highest BCUT2D eigenvalue weighted by atomic mass is 16.6. The lowest BCUT2D eigenvalue weighted by Gasteiger charge is -2.56. The zero-order valence-electron chi connectivity index (χ0n) is 37.6. The van der Waals surface area contributed by atoms with Gasteiger partial charge in [0.2, 0.25) is 0 Å². The van der Waals surface area contributed by atoms with Crippen LogP contribution in [0.1, 0.15) is 72.8 Å². The summed E-state index contributed by atoms with van der Waals surface area (Å²) in [5, 5.41) is 0. The Labute approximate surface area is 385 Å². The topological polar surface area (TPSA) is 75.7 Å². The van der Waals surface area contributed by atoms with Gasteiger partial charge in [0.15, 0.2) is 0 Å². The van der Waals surface area contributed by atoms with Crippen LogP contribution in [0.15, 0.2) is 164 Å². The fourth-order valence-corrected chi connectivity index (χ4v) is 11.6. The molecule has 4 bridgehead atoms. The van der Waals surface area contributed by atoms with Crippen molar-refractivity contribution in [2.24, 2.45) is 23.2 Å². The molecule has 10 rings (SSSR count). The van der Waals surface area contributed by atoms with Crippen molar-refractivity contribution < 1.29 is 33.2 Å². The van der Waals surface area contributed by atoms with Gasteiger partial charge in [0.05, 0.1) is 58.3 Å². The van der Waals surface area contributed by atoms with Gasteiger partial charge < -0.3 is 28.4 Å². The smallest absolute Gasteiger partial charge is 0.410 e. The Balaban J connectivity index is 1.04. The van der Waals surface area contributed by atoms with Gasteiger partial charge in [0.1, 0.15) is 24.9 Å². The third kappa shape index (κ3) is 12.0. The van der Waals surface area contributed by atoms with Crippen LogP contribution in [0.25, 0.3) is 0 Å². The number of piperidine rings is 1. The van der Waals surface area contributed by atoms with Gasteiger partial charge >= 0.3 is 6.09 Å². The molecular formula is C57H65NO7. The van der Waals surface area contributed by atoms with Crippen LogP contribution in [0, 0.1) is 23.2 Å². The molecule has 8 heteroatoms. The second kappa shape index (κ2) is 22.4. The molecule has 65 heavy (non-hydrogen) atoms. The van der Waals surface area contributed by atoms with Crippen LogP contribution in [0.2, 0.25) is 0 Å². The number of carbonyl (C=O) groups is 1. The lowest BCUT2D eigenvalue weighted by atomic mass is 9.50. The van der Waals surface area contributed by atoms with Crippen LogP contribution in [-0.4, -0.2) is 61.2 Å². The molecule has 5 atom stereocenters. The Hall–Kier alpha value is -5.09. The number of nitrogens with zero attached hydrogens (tertiary/aromatic N) is 1. The van der Waals surface area contributed by atoms with Crippen molar-refractivity contribution in [3.8, 4) is 0 Å². The van der Waals surface area contributed by atoms with Gasteiger partial charge in [-0.25, -0.2) is 4.79 Å². The minimum absolute atomic E-state index is 0.119. The largest absolute Gasteiger partial charge is 0.445 e. The number of ether oxygens (including phenoxy) is 6. The van der Waals surface area contributed by atoms with Crippen LogP contribution < -0.4 is 0 Å². The number of carbonyl (C=O) groups excluding carboxylic acids is 1. The third-order valence-electron chi connectivity index (χ3n) is 14.1. The van der Waals surface area contributed by atoms with Crippen LogP contribution >= 0.6 is 0 Å². The first-order chi connectivity index (χ1) is 32.1. The molecule has 5 fully saturated rings. The van der Waals surface area contributed by atoms with E-state index in [1.807, 2.05) is 120 Å². The van der Waals surface area contributed by atoms with E-state index in [1.54, 1.807) is 0 Å². The molecule has 4 saturated carbocycles. The van der Waals surface area contributed by atoms with Gasteiger partial charge in [-0.1, -0.05) is 164 Å². The molecule has 0 aromatic heterocycles. The van der Waals surface area contributed by atoms with E-state index in [0.717, 1.165) is 52.2 Å². The van der Waals surface area contributed by atoms with Crippen molar-refractivity contribution in [2.75, 3.05) is 19.8 Å². The summed E-state index contributed by atoms with van der Waals surface area (Å²) in [6, 6.07) is 49.3. The summed E-state index contributed by atoms with van der Waals surface area (Å²) >= 11 is 0. The fourth-order valence-electron chi connectivity index (χ4n) is 11.6. The summed E-state index contributed by atoms with van der Waals surface area (Å²) in [5.41, 5.74) is 5.35. The molecule has 0 spiro atoms. The van der Waals surface area contributed by atoms with E-state index < -0.39 is 36.5 Å². The number of rotatable bonds is 21. The zero-order valence-corrected chi connectivity index (χ0v) is 37.6. The molecule has 0 N–H and O–H groups in total. The van der Waals surface area contributed by atoms with Crippen LogP contribution in [0.5, 0.6) is 0 Å². The second-order valence-corrected chi connectivity index (χ2v) is 19.0. The Morgan fingerprint density at radius 3 is 1.38 bits per heavy atom. The van der Waals surface area contributed by atoms with Crippen molar-refractivity contribution >= 4 is 6.09 Å². The van der Waals surface area contributed by atoms with Crippen molar-refractivity contribution in [1.82, 2.24) is 4.90 Å². The molecule has 1 aliphatic heterocycles. The summed E-state index contributed by atoms with van der Waals surface area (Å²) in [7, 11) is 0. The summed E-state index contributed by atoms with van der Waals surface area (Å²) in [5.74, 6) is 2.65. The molecule has 5 aliphatic rings. The maximum Gasteiger partial charge on any atom is 0.410 e. The monoisotopic (exact) mass is 875 g/mol. The highest BCUT2D eigenvalue weighted by molar-refractivity contribution is 5.69. The maximum absolute atomic E-state index is 15.0.